The van der Waals surface area contributed by atoms with Crippen LogP contribution in [0.15, 0.2) is 33.6 Å². The van der Waals surface area contributed by atoms with Crippen molar-refractivity contribution in [2.75, 3.05) is 11.8 Å². The summed E-state index contributed by atoms with van der Waals surface area (Å²) < 4.78 is 47.6. The average Bonchev–Trinajstić information content (AvgIpc) is 2.81. The molecule has 0 unspecified atom stereocenters. The molecule has 1 aromatic rings. The maximum absolute atomic E-state index is 14.2. The third-order valence-electron chi connectivity index (χ3n) is 3.13. The van der Waals surface area contributed by atoms with E-state index >= 15 is 0 Å². The Morgan fingerprint density at radius 1 is 1.12 bits per heavy atom. The van der Waals surface area contributed by atoms with Gasteiger partial charge in [-0.1, -0.05) is 15.9 Å². The second-order valence-corrected chi connectivity index (χ2v) is 5.51. The van der Waals surface area contributed by atoms with E-state index in [2.05, 4.69) is 20.9 Å². The summed E-state index contributed by atoms with van der Waals surface area (Å²) in [5, 5.41) is 0. The van der Waals surface area contributed by atoms with Crippen LogP contribution in [0.5, 0.6) is 0 Å². The minimum Gasteiger partial charge on any atom is -0.269 e. The van der Waals surface area contributed by atoms with E-state index in [1.807, 2.05) is 0 Å². The number of hydrogen-bond donors (Lipinski definition) is 0. The van der Waals surface area contributed by atoms with Gasteiger partial charge in [0.25, 0.3) is 5.91 Å². The number of benzene rings is 1. The van der Waals surface area contributed by atoms with Gasteiger partial charge in [0.1, 0.15) is 5.82 Å². The number of nitrogens with zero attached hydrogens (tertiary/aromatic N) is 3. The molecule has 132 valence electrons. The standard InChI is InChI=1S/C13H6BrF2N3O3.CH2F2/c1-5-2-8(7(15)3-6(5)14)18-10(20)4-9(16)19-12(22)11(21)17-13(18)19;2-1-3/h2-4H,1H3;1H2. The van der Waals surface area contributed by atoms with Gasteiger partial charge in [0.05, 0.1) is 11.8 Å². The number of carbonyl (C=O) groups excluding carboxylic acids is 3. The van der Waals surface area contributed by atoms with Gasteiger partial charge in [0.15, 0.2) is 0 Å². The highest BCUT2D eigenvalue weighted by Crippen LogP contribution is 2.32. The second kappa shape index (κ2) is 7.13. The van der Waals surface area contributed by atoms with Crippen molar-refractivity contribution in [3.8, 4) is 0 Å². The lowest BCUT2D eigenvalue weighted by atomic mass is 10.2. The first kappa shape index (κ1) is 18.8. The molecule has 0 aromatic heterocycles. The number of carbonyl (C=O) groups is 3. The lowest BCUT2D eigenvalue weighted by Crippen LogP contribution is -2.49. The van der Waals surface area contributed by atoms with Crippen LogP contribution in [0.3, 0.4) is 0 Å². The van der Waals surface area contributed by atoms with Gasteiger partial charge in [-0.05, 0) is 24.6 Å². The summed E-state index contributed by atoms with van der Waals surface area (Å²) >= 11 is 3.14. The Hall–Kier alpha value is -2.56. The third-order valence-corrected chi connectivity index (χ3v) is 3.99. The van der Waals surface area contributed by atoms with Gasteiger partial charge in [-0.2, -0.15) is 9.38 Å². The van der Waals surface area contributed by atoms with Gasteiger partial charge in [-0.15, -0.1) is 0 Å². The summed E-state index contributed by atoms with van der Waals surface area (Å²) in [6.07, 6.45) is 0.492. The zero-order chi connectivity index (χ0) is 18.9. The molecule has 2 heterocycles. The lowest BCUT2D eigenvalue weighted by molar-refractivity contribution is -0.139. The van der Waals surface area contributed by atoms with E-state index in [4.69, 9.17) is 0 Å². The number of guanidine groups is 1. The summed E-state index contributed by atoms with van der Waals surface area (Å²) in [4.78, 5) is 39.3. The number of aliphatic imine (C=N–C) groups is 1. The van der Waals surface area contributed by atoms with Crippen LogP contribution in [0.2, 0.25) is 0 Å². The van der Waals surface area contributed by atoms with E-state index in [0.717, 1.165) is 6.07 Å². The maximum atomic E-state index is 14.2. The molecule has 11 heteroatoms. The zero-order valence-corrected chi connectivity index (χ0v) is 14.0. The van der Waals surface area contributed by atoms with E-state index < -0.39 is 42.4 Å². The molecule has 2 aliphatic rings. The number of hydrogen-bond acceptors (Lipinski definition) is 3. The Kier molecular flexibility index (Phi) is 5.36. The van der Waals surface area contributed by atoms with Crippen LogP contribution in [-0.2, 0) is 14.4 Å². The maximum Gasteiger partial charge on any atom is 0.339 e. The van der Waals surface area contributed by atoms with E-state index in [1.165, 1.54) is 6.07 Å². The van der Waals surface area contributed by atoms with E-state index in [-0.39, 0.29) is 5.69 Å². The van der Waals surface area contributed by atoms with Crippen LogP contribution in [0.4, 0.5) is 23.2 Å². The zero-order valence-electron chi connectivity index (χ0n) is 12.4. The molecule has 0 atom stereocenters. The van der Waals surface area contributed by atoms with Crippen LogP contribution < -0.4 is 4.90 Å². The molecule has 0 N–H and O–H groups in total. The molecular formula is C14H8BrF4N3O3. The van der Waals surface area contributed by atoms with Gasteiger partial charge < -0.3 is 0 Å². The van der Waals surface area contributed by atoms with Gasteiger partial charge in [0, 0.05) is 4.47 Å². The molecule has 3 amide bonds. The fourth-order valence-electron chi connectivity index (χ4n) is 2.09. The molecule has 3 rings (SSSR count). The molecule has 0 saturated heterocycles. The highest BCUT2D eigenvalue weighted by molar-refractivity contribution is 9.10. The molecule has 0 saturated carbocycles. The van der Waals surface area contributed by atoms with Gasteiger partial charge >= 0.3 is 11.8 Å². The topological polar surface area (TPSA) is 70.1 Å². The predicted molar refractivity (Wildman–Crippen MR) is 81.9 cm³/mol. The van der Waals surface area contributed by atoms with Crippen molar-refractivity contribution in [2.24, 2.45) is 4.99 Å². The molecule has 2 aliphatic heterocycles. The summed E-state index contributed by atoms with van der Waals surface area (Å²) in [6, 6.07) is 2.44. The summed E-state index contributed by atoms with van der Waals surface area (Å²) in [7, 11) is 0. The summed E-state index contributed by atoms with van der Waals surface area (Å²) in [5.74, 6) is -6.01. The molecule has 0 aliphatic carbocycles. The Morgan fingerprint density at radius 3 is 2.32 bits per heavy atom. The average molecular weight is 422 g/mol. The second-order valence-electron chi connectivity index (χ2n) is 4.65. The largest absolute Gasteiger partial charge is 0.339 e. The van der Waals surface area contributed by atoms with Crippen LogP contribution in [-0.4, -0.2) is 35.5 Å². The Morgan fingerprint density at radius 2 is 1.72 bits per heavy atom. The van der Waals surface area contributed by atoms with E-state index in [9.17, 15) is 31.9 Å². The quantitative estimate of drug-likeness (QED) is 0.397. The number of alkyl halides is 2. The number of fused-ring (bicyclic) bond motifs is 1. The Labute approximate surface area is 146 Å². The van der Waals surface area contributed by atoms with Gasteiger partial charge in [0.2, 0.25) is 18.8 Å². The number of halogens is 5. The highest BCUT2D eigenvalue weighted by Gasteiger charge is 2.45. The van der Waals surface area contributed by atoms with Crippen molar-refractivity contribution in [3.05, 3.63) is 40.0 Å². The number of rotatable bonds is 1. The van der Waals surface area contributed by atoms with Crippen molar-refractivity contribution < 1.29 is 31.9 Å². The highest BCUT2D eigenvalue weighted by atomic mass is 79.9. The first-order chi connectivity index (χ1) is 11.7. The molecule has 6 nitrogen and oxygen atoms in total. The predicted octanol–water partition coefficient (Wildman–Crippen LogP) is 2.66. The molecular weight excluding hydrogens is 414 g/mol. The summed E-state index contributed by atoms with van der Waals surface area (Å²) in [6.45, 7) is -0.0948. The van der Waals surface area contributed by atoms with E-state index in [0.29, 0.717) is 25.9 Å². The minimum atomic E-state index is -1.75. The normalized spacial score (nSPS) is 16.3. The molecule has 0 spiro atoms. The monoisotopic (exact) mass is 421 g/mol. The van der Waals surface area contributed by atoms with Crippen molar-refractivity contribution in [1.29, 1.82) is 0 Å². The van der Waals surface area contributed by atoms with Crippen molar-refractivity contribution in [2.45, 2.75) is 6.92 Å². The molecule has 0 bridgehead atoms. The SMILES string of the molecule is Cc1cc(N2C(=O)C=C(F)N3C(=O)C(=O)N=C32)c(F)cc1Br.FCF. The fourth-order valence-corrected chi connectivity index (χ4v) is 2.40. The van der Waals surface area contributed by atoms with Crippen LogP contribution in [0, 0.1) is 12.7 Å². The molecule has 0 radical (unpaired) electrons. The number of aryl methyl sites for hydroxylation is 1. The number of anilines is 1. The summed E-state index contributed by atoms with van der Waals surface area (Å²) in [5.41, 5.74) is 0.364. The van der Waals surface area contributed by atoms with Crippen molar-refractivity contribution in [1.82, 2.24) is 4.90 Å². The van der Waals surface area contributed by atoms with Gasteiger partial charge in [-0.3, -0.25) is 14.4 Å². The Balaban J connectivity index is 0.000000701. The van der Waals surface area contributed by atoms with Crippen LogP contribution in [0.25, 0.3) is 0 Å². The Bertz CT molecular complexity index is 841. The minimum absolute atomic E-state index is 0.235. The first-order valence-corrected chi connectivity index (χ1v) is 7.28. The van der Waals surface area contributed by atoms with E-state index in [1.54, 1.807) is 6.92 Å². The van der Waals surface area contributed by atoms with Crippen molar-refractivity contribution in [3.63, 3.8) is 0 Å². The van der Waals surface area contributed by atoms with Crippen LogP contribution in [0.1, 0.15) is 5.56 Å². The third kappa shape index (κ3) is 3.31. The molecule has 1 aromatic carbocycles. The lowest BCUT2D eigenvalue weighted by Gasteiger charge is -2.29. The van der Waals surface area contributed by atoms with Gasteiger partial charge in [-0.25, -0.2) is 23.0 Å². The fraction of sp³-hybridized carbons (Fsp3) is 0.143. The van der Waals surface area contributed by atoms with Crippen molar-refractivity contribution >= 4 is 45.3 Å². The molecule has 25 heavy (non-hydrogen) atoms. The smallest absolute Gasteiger partial charge is 0.269 e. The first-order valence-electron chi connectivity index (χ1n) is 6.48. The molecule has 0 fully saturated rings. The van der Waals surface area contributed by atoms with Crippen LogP contribution >= 0.6 is 15.9 Å². The number of amides is 3.